The van der Waals surface area contributed by atoms with Crippen LogP contribution in [0.1, 0.15) is 107 Å². The molecule has 17 heteroatoms. The molecule has 4 unspecified atom stereocenters. The highest BCUT2D eigenvalue weighted by Crippen LogP contribution is 2.31. The summed E-state index contributed by atoms with van der Waals surface area (Å²) < 4.78 is 23.3. The molecule has 0 bridgehead atoms. The van der Waals surface area contributed by atoms with Crippen molar-refractivity contribution in [3.63, 3.8) is 0 Å². The van der Waals surface area contributed by atoms with E-state index in [1.54, 1.807) is 59.7 Å². The molecule has 1 heterocycles. The van der Waals surface area contributed by atoms with Gasteiger partial charge in [0, 0.05) is 50.4 Å². The van der Waals surface area contributed by atoms with E-state index in [0.29, 0.717) is 18.4 Å². The minimum absolute atomic E-state index is 0.00479. The SMILES string of the molecule is CC(C)NC(C(=O)NCC(=O)Nc1ccc(COC(=O)C(C)C)cc1OC1CC(O)CC(C(=O)NCCNC(=O)C(C)(C)CCOC(C)(C)CCC(=O)O)O1)C(C)C. The Hall–Kier alpha value is -4.32. The van der Waals surface area contributed by atoms with Crippen molar-refractivity contribution in [2.24, 2.45) is 17.3 Å². The maximum absolute atomic E-state index is 13.1. The molecule has 1 aliphatic heterocycles. The largest absolute Gasteiger partial charge is 0.481 e. The molecule has 0 radical (unpaired) electrons. The summed E-state index contributed by atoms with van der Waals surface area (Å²) in [7, 11) is 0. The van der Waals surface area contributed by atoms with Crippen molar-refractivity contribution < 1.29 is 57.9 Å². The van der Waals surface area contributed by atoms with Gasteiger partial charge in [0.25, 0.3) is 0 Å². The Balaban J connectivity index is 2.04. The first kappa shape index (κ1) is 49.8. The van der Waals surface area contributed by atoms with E-state index >= 15 is 0 Å². The number of esters is 1. The summed E-state index contributed by atoms with van der Waals surface area (Å²) in [6, 6.07) is 4.30. The summed E-state index contributed by atoms with van der Waals surface area (Å²) in [5.74, 6) is -3.19. The lowest BCUT2D eigenvalue weighted by Crippen LogP contribution is -2.51. The van der Waals surface area contributed by atoms with Crippen LogP contribution < -0.4 is 31.3 Å². The zero-order chi connectivity index (χ0) is 43.8. The molecule has 0 aromatic heterocycles. The normalized spacial score (nSPS) is 17.7. The number of carbonyl (C=O) groups is 6. The Morgan fingerprint density at radius 1 is 0.914 bits per heavy atom. The third kappa shape index (κ3) is 18.1. The fraction of sp³-hybridized carbons (Fsp3) is 0.707. The number of carbonyl (C=O) groups excluding carboxylic acids is 5. The molecule has 2 rings (SSSR count). The second-order valence-corrected chi connectivity index (χ2v) is 16.9. The molecular formula is C41H67N5O12. The molecule has 4 atom stereocenters. The summed E-state index contributed by atoms with van der Waals surface area (Å²) in [4.78, 5) is 75.0. The number of aliphatic carboxylic acids is 1. The van der Waals surface area contributed by atoms with E-state index in [0.717, 1.165) is 0 Å². The number of ether oxygens (including phenoxy) is 4. The number of rotatable bonds is 24. The Morgan fingerprint density at radius 3 is 2.21 bits per heavy atom. The average molecular weight is 822 g/mol. The number of amides is 4. The number of carboxylic acid groups (broad SMARTS) is 1. The molecule has 17 nitrogen and oxygen atoms in total. The van der Waals surface area contributed by atoms with Gasteiger partial charge in [0.15, 0.2) is 0 Å². The lowest BCUT2D eigenvalue weighted by molar-refractivity contribution is -0.184. The fourth-order valence-electron chi connectivity index (χ4n) is 5.72. The van der Waals surface area contributed by atoms with E-state index in [-0.39, 0.29) is 93.2 Å². The van der Waals surface area contributed by atoms with Crippen LogP contribution >= 0.6 is 0 Å². The van der Waals surface area contributed by atoms with E-state index in [4.69, 9.17) is 24.1 Å². The van der Waals surface area contributed by atoms with Gasteiger partial charge in [-0.3, -0.25) is 28.8 Å². The number of hydrogen-bond donors (Lipinski definition) is 7. The molecule has 0 saturated carbocycles. The van der Waals surface area contributed by atoms with Crippen LogP contribution in [0.3, 0.4) is 0 Å². The van der Waals surface area contributed by atoms with Crippen molar-refractivity contribution in [2.45, 2.75) is 144 Å². The van der Waals surface area contributed by atoms with Crippen molar-refractivity contribution >= 4 is 41.3 Å². The van der Waals surface area contributed by atoms with Gasteiger partial charge in [-0.15, -0.1) is 0 Å². The van der Waals surface area contributed by atoms with E-state index in [2.05, 4.69) is 26.6 Å². The van der Waals surface area contributed by atoms with Gasteiger partial charge in [0.2, 0.25) is 29.9 Å². The van der Waals surface area contributed by atoms with Crippen LogP contribution in [0.5, 0.6) is 5.75 Å². The number of nitrogens with one attached hydrogen (secondary N) is 5. The van der Waals surface area contributed by atoms with Crippen molar-refractivity contribution in [3.8, 4) is 5.75 Å². The van der Waals surface area contributed by atoms with E-state index in [9.17, 15) is 33.9 Å². The number of benzene rings is 1. The third-order valence-electron chi connectivity index (χ3n) is 9.36. The Labute approximate surface area is 342 Å². The predicted octanol–water partition coefficient (Wildman–Crippen LogP) is 3.02. The molecule has 328 valence electrons. The van der Waals surface area contributed by atoms with Gasteiger partial charge in [-0.05, 0) is 50.3 Å². The van der Waals surface area contributed by atoms with Crippen molar-refractivity contribution in [1.29, 1.82) is 0 Å². The van der Waals surface area contributed by atoms with Crippen LogP contribution in [0.2, 0.25) is 0 Å². The number of hydrogen-bond acceptors (Lipinski definition) is 12. The summed E-state index contributed by atoms with van der Waals surface area (Å²) >= 11 is 0. The van der Waals surface area contributed by atoms with Gasteiger partial charge in [0.05, 0.1) is 35.9 Å². The molecule has 7 N–H and O–H groups in total. The molecule has 1 fully saturated rings. The van der Waals surface area contributed by atoms with Gasteiger partial charge < -0.3 is 55.7 Å². The van der Waals surface area contributed by atoms with Crippen LogP contribution in [0.25, 0.3) is 0 Å². The van der Waals surface area contributed by atoms with Gasteiger partial charge in [0.1, 0.15) is 18.5 Å². The fourth-order valence-corrected chi connectivity index (χ4v) is 5.72. The zero-order valence-electron chi connectivity index (χ0n) is 35.8. The highest BCUT2D eigenvalue weighted by Gasteiger charge is 2.35. The summed E-state index contributed by atoms with van der Waals surface area (Å²) in [6.07, 6.45) is -2.48. The van der Waals surface area contributed by atoms with Crippen molar-refractivity contribution in [3.05, 3.63) is 23.8 Å². The van der Waals surface area contributed by atoms with Crippen LogP contribution in [0.4, 0.5) is 5.69 Å². The van der Waals surface area contributed by atoms with Crippen molar-refractivity contribution in [2.75, 3.05) is 31.6 Å². The van der Waals surface area contributed by atoms with E-state index < -0.39 is 59.3 Å². The van der Waals surface area contributed by atoms with E-state index in [1.165, 1.54) is 0 Å². The molecule has 1 aromatic rings. The average Bonchev–Trinajstić information content (AvgIpc) is 3.12. The minimum atomic E-state index is -1.12. The number of aliphatic hydroxyl groups excluding tert-OH is 1. The quantitative estimate of drug-likeness (QED) is 0.0587. The lowest BCUT2D eigenvalue weighted by Gasteiger charge is -2.33. The third-order valence-corrected chi connectivity index (χ3v) is 9.36. The van der Waals surface area contributed by atoms with Gasteiger partial charge >= 0.3 is 11.9 Å². The van der Waals surface area contributed by atoms with Gasteiger partial charge in [-0.2, -0.15) is 0 Å². The maximum atomic E-state index is 13.1. The second-order valence-electron chi connectivity index (χ2n) is 16.9. The highest BCUT2D eigenvalue weighted by atomic mass is 16.7. The van der Waals surface area contributed by atoms with Crippen LogP contribution in [0.15, 0.2) is 18.2 Å². The molecule has 0 spiro atoms. The minimum Gasteiger partial charge on any atom is -0.481 e. The predicted molar refractivity (Wildman–Crippen MR) is 215 cm³/mol. The molecule has 1 aliphatic rings. The summed E-state index contributed by atoms with van der Waals surface area (Å²) in [6.45, 7) is 18.3. The summed E-state index contributed by atoms with van der Waals surface area (Å²) in [5, 5.41) is 33.8. The maximum Gasteiger partial charge on any atom is 0.308 e. The first-order chi connectivity index (χ1) is 27.0. The van der Waals surface area contributed by atoms with Crippen LogP contribution in [-0.4, -0.2) is 108 Å². The number of aliphatic hydroxyl groups is 1. The van der Waals surface area contributed by atoms with Crippen LogP contribution in [-0.2, 0) is 49.6 Å². The van der Waals surface area contributed by atoms with Gasteiger partial charge in [-0.1, -0.05) is 61.5 Å². The Morgan fingerprint density at radius 2 is 1.59 bits per heavy atom. The lowest BCUT2D eigenvalue weighted by atomic mass is 9.88. The molecule has 1 saturated heterocycles. The molecular weight excluding hydrogens is 754 g/mol. The first-order valence-electron chi connectivity index (χ1n) is 20.0. The highest BCUT2D eigenvalue weighted by molar-refractivity contribution is 5.96. The smallest absolute Gasteiger partial charge is 0.308 e. The molecule has 0 aliphatic carbocycles. The van der Waals surface area contributed by atoms with Crippen LogP contribution in [0, 0.1) is 17.3 Å². The first-order valence-corrected chi connectivity index (χ1v) is 20.0. The molecule has 4 amide bonds. The zero-order valence-corrected chi connectivity index (χ0v) is 35.8. The topological polar surface area (TPSA) is 240 Å². The number of carboxylic acids is 1. The van der Waals surface area contributed by atoms with Gasteiger partial charge in [-0.25, -0.2) is 0 Å². The Kier molecular flexibility index (Phi) is 20.0. The molecule has 58 heavy (non-hydrogen) atoms. The second kappa shape index (κ2) is 23.3. The van der Waals surface area contributed by atoms with E-state index in [1.807, 2.05) is 27.7 Å². The number of anilines is 1. The standard InChI is InChI=1S/C41H67N5O12/c1-24(2)35(45-26(5)6)37(52)44-22-32(48)46-29-12-11-27(23-55-38(53)25(3)4)19-30(29)57-34-21-28(47)20-31(58-34)36(51)42-16-17-43-39(54)40(7,8)15-18-56-41(9,10)14-13-33(49)50/h11-12,19,24-26,28,31,34-35,45,47H,13-18,20-23H2,1-10H3,(H,42,51)(H,43,54)(H,44,52)(H,46,48)(H,49,50). The van der Waals surface area contributed by atoms with Crippen molar-refractivity contribution in [1.82, 2.24) is 21.3 Å². The summed E-state index contributed by atoms with van der Waals surface area (Å²) in [5.41, 5.74) is -0.688. The monoisotopic (exact) mass is 821 g/mol. The Bertz CT molecular complexity index is 1550. The molecule has 1 aromatic carbocycles.